The summed E-state index contributed by atoms with van der Waals surface area (Å²) in [4.78, 5) is 35.3. The van der Waals surface area contributed by atoms with Crippen LogP contribution in [0.25, 0.3) is 0 Å². The normalized spacial score (nSPS) is 11.7. The SMILES string of the molecule is Cc1cc([N+](=O)[O-])ccc1NC(=O)CSc1nnc([C@H](C)NC(=O)c2ccc(Cl)cc2Cl)n1C. The first-order chi connectivity index (χ1) is 16.1. The van der Waals surface area contributed by atoms with Gasteiger partial charge in [-0.05, 0) is 43.7 Å². The van der Waals surface area contributed by atoms with Crippen LogP contribution >= 0.6 is 35.0 Å². The maximum Gasteiger partial charge on any atom is 0.269 e. The summed E-state index contributed by atoms with van der Waals surface area (Å²) in [7, 11) is 1.73. The van der Waals surface area contributed by atoms with Crippen LogP contribution in [-0.2, 0) is 11.8 Å². The Balaban J connectivity index is 1.60. The molecule has 13 heteroatoms. The molecular formula is C21H20Cl2N6O4S. The molecule has 178 valence electrons. The summed E-state index contributed by atoms with van der Waals surface area (Å²) in [5.41, 5.74) is 1.31. The van der Waals surface area contributed by atoms with E-state index in [1.807, 2.05) is 0 Å². The van der Waals surface area contributed by atoms with E-state index < -0.39 is 11.0 Å². The number of hydrogen-bond acceptors (Lipinski definition) is 7. The van der Waals surface area contributed by atoms with E-state index in [1.54, 1.807) is 31.5 Å². The minimum Gasteiger partial charge on any atom is -0.342 e. The number of nitro groups is 1. The van der Waals surface area contributed by atoms with E-state index in [4.69, 9.17) is 23.2 Å². The second-order valence-corrected chi connectivity index (χ2v) is 9.10. The Morgan fingerprint density at radius 2 is 1.94 bits per heavy atom. The van der Waals surface area contributed by atoms with Crippen LogP contribution in [0.3, 0.4) is 0 Å². The minimum atomic E-state index is -0.492. The molecule has 0 spiro atoms. The lowest BCUT2D eigenvalue weighted by atomic mass is 10.2. The maximum absolute atomic E-state index is 12.6. The number of carbonyl (C=O) groups is 2. The number of amides is 2. The number of benzene rings is 2. The number of aryl methyl sites for hydroxylation is 1. The number of halogens is 2. The highest BCUT2D eigenvalue weighted by molar-refractivity contribution is 7.99. The first kappa shape index (κ1) is 25.5. The molecule has 2 aromatic carbocycles. The number of anilines is 1. The number of non-ortho nitro benzene ring substituents is 1. The molecule has 0 aliphatic carbocycles. The van der Waals surface area contributed by atoms with Gasteiger partial charge in [0.2, 0.25) is 5.91 Å². The molecule has 3 rings (SSSR count). The monoisotopic (exact) mass is 522 g/mol. The molecule has 2 amide bonds. The fourth-order valence-electron chi connectivity index (χ4n) is 3.06. The zero-order valence-electron chi connectivity index (χ0n) is 18.3. The molecule has 0 saturated carbocycles. The zero-order valence-corrected chi connectivity index (χ0v) is 20.7. The molecular weight excluding hydrogens is 503 g/mol. The third kappa shape index (κ3) is 6.04. The van der Waals surface area contributed by atoms with E-state index in [1.165, 1.54) is 42.1 Å². The average Bonchev–Trinajstić information content (AvgIpc) is 3.13. The third-order valence-corrected chi connectivity index (χ3v) is 6.37. The number of rotatable bonds is 8. The number of nitrogens with zero attached hydrogens (tertiary/aromatic N) is 4. The molecule has 1 atom stereocenters. The number of hydrogen-bond donors (Lipinski definition) is 2. The molecule has 0 radical (unpaired) electrons. The van der Waals surface area contributed by atoms with Crippen molar-refractivity contribution in [2.75, 3.05) is 11.1 Å². The highest BCUT2D eigenvalue weighted by atomic mass is 35.5. The van der Waals surface area contributed by atoms with Gasteiger partial charge in [-0.3, -0.25) is 19.7 Å². The second-order valence-electron chi connectivity index (χ2n) is 7.31. The molecule has 0 bridgehead atoms. The standard InChI is InChI=1S/C21H20Cl2N6O4S/c1-11-8-14(29(32)33)5-7-17(11)25-18(30)10-34-21-27-26-19(28(21)3)12(2)24-20(31)15-6-4-13(22)9-16(15)23/h4-9,12H,10H2,1-3H3,(H,24,31)(H,25,30)/t12-/m0/s1. The highest BCUT2D eigenvalue weighted by Crippen LogP contribution is 2.24. The van der Waals surface area contributed by atoms with Gasteiger partial charge in [-0.1, -0.05) is 35.0 Å². The smallest absolute Gasteiger partial charge is 0.269 e. The molecule has 1 heterocycles. The summed E-state index contributed by atoms with van der Waals surface area (Å²) >= 11 is 13.1. The van der Waals surface area contributed by atoms with Crippen LogP contribution in [0, 0.1) is 17.0 Å². The lowest BCUT2D eigenvalue weighted by Gasteiger charge is -2.14. The van der Waals surface area contributed by atoms with Gasteiger partial charge in [0.15, 0.2) is 11.0 Å². The van der Waals surface area contributed by atoms with Gasteiger partial charge in [0.1, 0.15) is 0 Å². The molecule has 0 unspecified atom stereocenters. The van der Waals surface area contributed by atoms with Gasteiger partial charge in [0, 0.05) is 29.9 Å². The fraction of sp³-hybridized carbons (Fsp3) is 0.238. The Morgan fingerprint density at radius 1 is 1.21 bits per heavy atom. The predicted molar refractivity (Wildman–Crippen MR) is 131 cm³/mol. The van der Waals surface area contributed by atoms with E-state index >= 15 is 0 Å². The van der Waals surface area contributed by atoms with Crippen molar-refractivity contribution in [3.05, 3.63) is 73.5 Å². The summed E-state index contributed by atoms with van der Waals surface area (Å²) in [5, 5.41) is 25.8. The van der Waals surface area contributed by atoms with Crippen molar-refractivity contribution >= 4 is 58.2 Å². The topological polar surface area (TPSA) is 132 Å². The number of carbonyl (C=O) groups excluding carboxylic acids is 2. The molecule has 10 nitrogen and oxygen atoms in total. The van der Waals surface area contributed by atoms with E-state index in [2.05, 4.69) is 20.8 Å². The fourth-order valence-corrected chi connectivity index (χ4v) is 4.27. The Morgan fingerprint density at radius 3 is 2.59 bits per heavy atom. The second kappa shape index (κ2) is 10.9. The van der Waals surface area contributed by atoms with Gasteiger partial charge in [-0.15, -0.1) is 10.2 Å². The van der Waals surface area contributed by atoms with Gasteiger partial charge < -0.3 is 15.2 Å². The van der Waals surface area contributed by atoms with E-state index in [-0.39, 0.29) is 33.8 Å². The van der Waals surface area contributed by atoms with Gasteiger partial charge in [-0.2, -0.15) is 0 Å². The van der Waals surface area contributed by atoms with Crippen molar-refractivity contribution < 1.29 is 14.5 Å². The van der Waals surface area contributed by atoms with Gasteiger partial charge >= 0.3 is 0 Å². The van der Waals surface area contributed by atoms with Gasteiger partial charge in [-0.25, -0.2) is 0 Å². The summed E-state index contributed by atoms with van der Waals surface area (Å²) in [5.74, 6) is -0.147. The van der Waals surface area contributed by atoms with Crippen molar-refractivity contribution in [3.8, 4) is 0 Å². The van der Waals surface area contributed by atoms with Gasteiger partial charge in [0.25, 0.3) is 11.6 Å². The number of nitrogens with one attached hydrogen (secondary N) is 2. The Kier molecular flexibility index (Phi) is 8.13. The molecule has 0 aliphatic rings. The van der Waals surface area contributed by atoms with Crippen molar-refractivity contribution in [2.24, 2.45) is 7.05 Å². The minimum absolute atomic E-state index is 0.0452. The summed E-state index contributed by atoms with van der Waals surface area (Å²) in [6, 6.07) is 8.34. The van der Waals surface area contributed by atoms with Crippen molar-refractivity contribution in [2.45, 2.75) is 25.0 Å². The third-order valence-electron chi connectivity index (χ3n) is 4.81. The Labute approximate surface area is 209 Å². The van der Waals surface area contributed by atoms with Crippen molar-refractivity contribution in [1.29, 1.82) is 0 Å². The summed E-state index contributed by atoms with van der Waals surface area (Å²) in [6.45, 7) is 3.43. The molecule has 0 aliphatic heterocycles. The van der Waals surface area contributed by atoms with Crippen LogP contribution in [0.4, 0.5) is 11.4 Å². The van der Waals surface area contributed by atoms with Crippen LogP contribution < -0.4 is 10.6 Å². The quantitative estimate of drug-likeness (QED) is 0.251. The van der Waals surface area contributed by atoms with Crippen molar-refractivity contribution in [1.82, 2.24) is 20.1 Å². The van der Waals surface area contributed by atoms with E-state index in [9.17, 15) is 19.7 Å². The number of aromatic nitrogens is 3. The summed E-state index contributed by atoms with van der Waals surface area (Å²) in [6.07, 6.45) is 0. The van der Waals surface area contributed by atoms with Crippen LogP contribution in [0.1, 0.15) is 34.7 Å². The average molecular weight is 523 g/mol. The first-order valence-corrected chi connectivity index (χ1v) is 11.6. The maximum atomic E-state index is 12.6. The highest BCUT2D eigenvalue weighted by Gasteiger charge is 2.20. The van der Waals surface area contributed by atoms with Crippen LogP contribution in [0.5, 0.6) is 0 Å². The van der Waals surface area contributed by atoms with E-state index in [0.717, 1.165) is 0 Å². The first-order valence-electron chi connectivity index (χ1n) is 9.89. The zero-order chi connectivity index (χ0) is 25.0. The summed E-state index contributed by atoms with van der Waals surface area (Å²) < 4.78 is 1.68. The van der Waals surface area contributed by atoms with Gasteiger partial charge in [0.05, 0.1) is 27.3 Å². The molecule has 2 N–H and O–H groups in total. The largest absolute Gasteiger partial charge is 0.342 e. The number of nitro benzene ring substituents is 1. The Hall–Kier alpha value is -3.15. The lowest BCUT2D eigenvalue weighted by Crippen LogP contribution is -2.28. The van der Waals surface area contributed by atoms with Crippen LogP contribution in [0.2, 0.25) is 10.0 Å². The Bertz CT molecular complexity index is 1270. The lowest BCUT2D eigenvalue weighted by molar-refractivity contribution is -0.384. The van der Waals surface area contributed by atoms with Crippen molar-refractivity contribution in [3.63, 3.8) is 0 Å². The molecule has 34 heavy (non-hydrogen) atoms. The molecule has 0 fully saturated rings. The molecule has 0 saturated heterocycles. The van der Waals surface area contributed by atoms with E-state index in [0.29, 0.717) is 27.3 Å². The molecule has 1 aromatic heterocycles. The van der Waals surface area contributed by atoms with Crippen LogP contribution in [-0.4, -0.2) is 37.3 Å². The number of thioether (sulfide) groups is 1. The van der Waals surface area contributed by atoms with Crippen LogP contribution in [0.15, 0.2) is 41.6 Å². The molecule has 3 aromatic rings. The predicted octanol–water partition coefficient (Wildman–Crippen LogP) is 4.56.